The molecule has 0 saturated heterocycles. The van der Waals surface area contributed by atoms with E-state index in [1.165, 1.54) is 0 Å². The smallest absolute Gasteiger partial charge is 0.221 e. The molecular formula is C6H2BrF9. The van der Waals surface area contributed by atoms with Crippen molar-refractivity contribution in [2.75, 3.05) is 0 Å². The predicted octanol–water partition coefficient (Wildman–Crippen LogP) is 4.36. The Bertz CT molecular complexity index is 287. The first-order chi connectivity index (χ1) is 6.69. The van der Waals surface area contributed by atoms with Crippen molar-refractivity contribution in [3.63, 3.8) is 0 Å². The molecule has 0 aliphatic rings. The Kier molecular flexibility index (Phi) is 3.71. The molecule has 0 spiro atoms. The van der Waals surface area contributed by atoms with Crippen molar-refractivity contribution in [3.8, 4) is 0 Å². The summed E-state index contributed by atoms with van der Waals surface area (Å²) in [6.07, 6.45) is -13.2. The van der Waals surface area contributed by atoms with E-state index in [9.17, 15) is 39.5 Å². The van der Waals surface area contributed by atoms with Crippen LogP contribution in [-0.2, 0) is 0 Å². The summed E-state index contributed by atoms with van der Waals surface area (Å²) in [6, 6.07) is 0. The first-order valence-corrected chi connectivity index (χ1v) is 4.04. The largest absolute Gasteiger partial charge is 0.457 e. The molecule has 0 bridgehead atoms. The van der Waals surface area contributed by atoms with Gasteiger partial charge in [0.1, 0.15) is 0 Å². The lowest BCUT2D eigenvalue weighted by Crippen LogP contribution is -2.62. The van der Waals surface area contributed by atoms with Gasteiger partial charge in [-0.25, -0.2) is 4.39 Å². The molecule has 1 atom stereocenters. The van der Waals surface area contributed by atoms with Gasteiger partial charge >= 0.3 is 23.9 Å². The molecule has 0 heterocycles. The average Bonchev–Trinajstić information content (AvgIpc) is 1.97. The second-order valence-electron chi connectivity index (χ2n) is 2.63. The molecule has 0 aliphatic heterocycles. The first kappa shape index (κ1) is 15.6. The van der Waals surface area contributed by atoms with Crippen molar-refractivity contribution < 1.29 is 39.5 Å². The molecule has 0 N–H and O–H groups in total. The van der Waals surface area contributed by atoms with Gasteiger partial charge in [-0.15, -0.1) is 0 Å². The Hall–Kier alpha value is -0.410. The van der Waals surface area contributed by atoms with E-state index in [4.69, 9.17) is 0 Å². The summed E-state index contributed by atoms with van der Waals surface area (Å²) in [4.78, 5) is 0. The SMILES string of the molecule is C=C(Br)C(F)(C(F)(F)F)C(F)(F)C(F)(F)F. The summed E-state index contributed by atoms with van der Waals surface area (Å²) in [5.41, 5.74) is -5.92. The summed E-state index contributed by atoms with van der Waals surface area (Å²) >= 11 is 1.59. The Morgan fingerprint density at radius 2 is 1.06 bits per heavy atom. The van der Waals surface area contributed by atoms with Gasteiger partial charge in [-0.1, -0.05) is 22.5 Å². The summed E-state index contributed by atoms with van der Waals surface area (Å²) in [6.45, 7) is 2.12. The quantitative estimate of drug-likeness (QED) is 0.662. The molecule has 0 saturated carbocycles. The maximum Gasteiger partial charge on any atom is 0.457 e. The van der Waals surface area contributed by atoms with Crippen LogP contribution in [0, 0.1) is 0 Å². The standard InChI is InChI=1S/C6H2BrF9/c1-2(7)3(8,5(11,12)13)4(9,10)6(14,15)16/h1H2. The van der Waals surface area contributed by atoms with Crippen molar-refractivity contribution in [2.24, 2.45) is 0 Å². The Morgan fingerprint density at radius 1 is 0.750 bits per heavy atom. The van der Waals surface area contributed by atoms with E-state index in [-0.39, 0.29) is 0 Å². The van der Waals surface area contributed by atoms with Crippen LogP contribution < -0.4 is 0 Å². The van der Waals surface area contributed by atoms with Gasteiger partial charge in [-0.05, 0) is 0 Å². The molecule has 0 nitrogen and oxygen atoms in total. The average molecular weight is 325 g/mol. The van der Waals surface area contributed by atoms with Crippen molar-refractivity contribution in [3.05, 3.63) is 11.1 Å². The third kappa shape index (κ3) is 2.03. The molecule has 1 unspecified atom stereocenters. The van der Waals surface area contributed by atoms with Crippen LogP contribution in [0.5, 0.6) is 0 Å². The predicted molar refractivity (Wildman–Crippen MR) is 39.0 cm³/mol. The van der Waals surface area contributed by atoms with Crippen LogP contribution in [0.15, 0.2) is 11.1 Å². The summed E-state index contributed by atoms with van der Waals surface area (Å²) in [5, 5.41) is 0. The molecule has 16 heavy (non-hydrogen) atoms. The minimum absolute atomic E-state index is 1.59. The van der Waals surface area contributed by atoms with Crippen molar-refractivity contribution in [2.45, 2.75) is 23.9 Å². The second-order valence-corrected chi connectivity index (χ2v) is 3.59. The number of rotatable bonds is 2. The fourth-order valence-corrected chi connectivity index (χ4v) is 1.17. The van der Waals surface area contributed by atoms with Gasteiger partial charge in [-0.2, -0.15) is 35.1 Å². The number of alkyl halides is 9. The van der Waals surface area contributed by atoms with E-state index in [0.717, 1.165) is 0 Å². The maximum absolute atomic E-state index is 13.0. The molecule has 0 aromatic rings. The number of hydrogen-bond donors (Lipinski definition) is 0. The van der Waals surface area contributed by atoms with Crippen LogP contribution in [0.25, 0.3) is 0 Å². The molecule has 0 rings (SSSR count). The van der Waals surface area contributed by atoms with E-state index >= 15 is 0 Å². The zero-order chi connectivity index (χ0) is 13.6. The van der Waals surface area contributed by atoms with Gasteiger partial charge in [0.05, 0.1) is 0 Å². The Morgan fingerprint density at radius 3 is 1.12 bits per heavy atom. The lowest BCUT2D eigenvalue weighted by atomic mass is 9.96. The zero-order valence-electron chi connectivity index (χ0n) is 6.99. The summed E-state index contributed by atoms with van der Waals surface area (Å²) in [7, 11) is 0. The molecule has 0 aliphatic carbocycles. The van der Waals surface area contributed by atoms with Gasteiger partial charge in [0, 0.05) is 4.48 Å². The van der Waals surface area contributed by atoms with E-state index in [2.05, 4.69) is 6.58 Å². The monoisotopic (exact) mass is 324 g/mol. The molecule has 96 valence electrons. The summed E-state index contributed by atoms with van der Waals surface area (Å²) in [5.74, 6) is -6.64. The fraction of sp³-hybridized carbons (Fsp3) is 0.667. The van der Waals surface area contributed by atoms with E-state index in [1.807, 2.05) is 0 Å². The highest BCUT2D eigenvalue weighted by atomic mass is 79.9. The fourth-order valence-electron chi connectivity index (χ4n) is 0.697. The molecule has 10 heteroatoms. The Balaban J connectivity index is 5.85. The minimum atomic E-state index is -6.70. The summed E-state index contributed by atoms with van der Waals surface area (Å²) < 4.78 is 106. The normalized spacial score (nSPS) is 18.1. The Labute approximate surface area is 91.2 Å². The minimum Gasteiger partial charge on any atom is -0.221 e. The molecule has 0 fully saturated rings. The van der Waals surface area contributed by atoms with E-state index in [1.54, 1.807) is 15.9 Å². The molecule has 0 amide bonds. The third-order valence-corrected chi connectivity index (χ3v) is 2.10. The van der Waals surface area contributed by atoms with Crippen LogP contribution in [0.3, 0.4) is 0 Å². The van der Waals surface area contributed by atoms with Gasteiger partial charge < -0.3 is 0 Å². The van der Waals surface area contributed by atoms with Gasteiger partial charge in [-0.3, -0.25) is 0 Å². The van der Waals surface area contributed by atoms with E-state index in [0.29, 0.717) is 0 Å². The second kappa shape index (κ2) is 3.81. The van der Waals surface area contributed by atoms with Crippen LogP contribution in [0.4, 0.5) is 39.5 Å². The lowest BCUT2D eigenvalue weighted by molar-refractivity contribution is -0.370. The molecule has 0 radical (unpaired) electrons. The van der Waals surface area contributed by atoms with Crippen LogP contribution in [0.2, 0.25) is 0 Å². The van der Waals surface area contributed by atoms with Gasteiger partial charge in [0.15, 0.2) is 0 Å². The topological polar surface area (TPSA) is 0 Å². The molecule has 0 aromatic carbocycles. The lowest BCUT2D eigenvalue weighted by Gasteiger charge is -2.35. The third-order valence-electron chi connectivity index (χ3n) is 1.55. The highest BCUT2D eigenvalue weighted by Crippen LogP contribution is 2.56. The van der Waals surface area contributed by atoms with Crippen molar-refractivity contribution in [1.82, 2.24) is 0 Å². The van der Waals surface area contributed by atoms with Crippen molar-refractivity contribution in [1.29, 1.82) is 0 Å². The highest BCUT2D eigenvalue weighted by molar-refractivity contribution is 9.11. The van der Waals surface area contributed by atoms with Gasteiger partial charge in [0.25, 0.3) is 0 Å². The molecular weight excluding hydrogens is 323 g/mol. The number of hydrogen-bond acceptors (Lipinski definition) is 0. The first-order valence-electron chi connectivity index (χ1n) is 3.24. The number of halogens is 10. The molecule has 0 aromatic heterocycles. The number of allylic oxidation sites excluding steroid dienone is 1. The van der Waals surface area contributed by atoms with Crippen molar-refractivity contribution >= 4 is 15.9 Å². The van der Waals surface area contributed by atoms with Crippen LogP contribution >= 0.6 is 15.9 Å². The zero-order valence-corrected chi connectivity index (χ0v) is 8.57. The maximum atomic E-state index is 13.0. The van der Waals surface area contributed by atoms with Gasteiger partial charge in [0.2, 0.25) is 0 Å². The van der Waals surface area contributed by atoms with E-state index < -0.39 is 28.4 Å². The van der Waals surface area contributed by atoms with Crippen LogP contribution in [0.1, 0.15) is 0 Å². The van der Waals surface area contributed by atoms with Crippen LogP contribution in [-0.4, -0.2) is 23.9 Å². The highest BCUT2D eigenvalue weighted by Gasteiger charge is 2.82.